The molecule has 3 nitrogen and oxygen atoms in total. The monoisotopic (exact) mass is 297 g/mol. The number of imidazole rings is 1. The van der Waals surface area contributed by atoms with E-state index in [0.29, 0.717) is 5.88 Å². The fraction of sp³-hybridized carbons (Fsp3) is 0.643. The number of aromatic nitrogens is 2. The Morgan fingerprint density at radius 2 is 2.53 bits per heavy atom. The van der Waals surface area contributed by atoms with Gasteiger partial charge in [-0.05, 0) is 18.8 Å². The van der Waals surface area contributed by atoms with Crippen LogP contribution in [0.5, 0.6) is 0 Å². The maximum Gasteiger partial charge on any atom is 0.193 e. The van der Waals surface area contributed by atoms with E-state index < -0.39 is 0 Å². The maximum absolute atomic E-state index is 6.24. The zero-order valence-electron chi connectivity index (χ0n) is 11.2. The van der Waals surface area contributed by atoms with Gasteiger partial charge in [0, 0.05) is 35.7 Å². The number of alkyl halides is 1. The number of nitrogens with zero attached hydrogens (tertiary/aromatic N) is 2. The topological polar surface area (TPSA) is 29.3 Å². The lowest BCUT2D eigenvalue weighted by Crippen LogP contribution is -2.49. The molecule has 2 atom stereocenters. The quantitative estimate of drug-likeness (QED) is 0.873. The molecule has 1 saturated carbocycles. The van der Waals surface area contributed by atoms with Crippen molar-refractivity contribution in [2.45, 2.75) is 44.7 Å². The highest BCUT2D eigenvalue weighted by Crippen LogP contribution is 2.33. The second-order valence-electron chi connectivity index (χ2n) is 5.79. The summed E-state index contributed by atoms with van der Waals surface area (Å²) in [5, 5.41) is 5.74. The van der Waals surface area contributed by atoms with Crippen LogP contribution in [0.1, 0.15) is 38.3 Å². The first-order valence-electron chi connectivity index (χ1n) is 6.93. The standard InChI is InChI=1S/C14H20ClN3S/c1-11-3-2-4-14(7-11,10-15)16-8-12-9-18-5-6-19-13(18)17-12/h5-6,9,11,16H,2-4,7-8,10H2,1H3. The summed E-state index contributed by atoms with van der Waals surface area (Å²) in [4.78, 5) is 5.68. The molecule has 0 amide bonds. The van der Waals surface area contributed by atoms with E-state index in [1.807, 2.05) is 0 Å². The lowest BCUT2D eigenvalue weighted by atomic mass is 9.77. The van der Waals surface area contributed by atoms with Gasteiger partial charge in [-0.15, -0.1) is 22.9 Å². The first-order valence-corrected chi connectivity index (χ1v) is 8.34. The van der Waals surface area contributed by atoms with Crippen molar-refractivity contribution < 1.29 is 0 Å². The molecular weight excluding hydrogens is 278 g/mol. The molecule has 19 heavy (non-hydrogen) atoms. The van der Waals surface area contributed by atoms with Crippen molar-refractivity contribution in [3.63, 3.8) is 0 Å². The number of fused-ring (bicyclic) bond motifs is 1. The Hall–Kier alpha value is -0.580. The van der Waals surface area contributed by atoms with Crippen molar-refractivity contribution >= 4 is 27.9 Å². The van der Waals surface area contributed by atoms with Gasteiger partial charge in [0.2, 0.25) is 0 Å². The molecule has 0 spiro atoms. The predicted octanol–water partition coefficient (Wildman–Crippen LogP) is 3.67. The van der Waals surface area contributed by atoms with E-state index in [0.717, 1.165) is 23.1 Å². The van der Waals surface area contributed by atoms with Crippen molar-refractivity contribution in [3.8, 4) is 0 Å². The van der Waals surface area contributed by atoms with Crippen LogP contribution in [0, 0.1) is 5.92 Å². The van der Waals surface area contributed by atoms with Crippen LogP contribution in [-0.4, -0.2) is 20.8 Å². The molecule has 2 heterocycles. The summed E-state index contributed by atoms with van der Waals surface area (Å²) in [7, 11) is 0. The van der Waals surface area contributed by atoms with Crippen LogP contribution in [0.4, 0.5) is 0 Å². The molecule has 2 aromatic heterocycles. The molecule has 2 aromatic rings. The minimum Gasteiger partial charge on any atom is -0.304 e. The Kier molecular flexibility index (Phi) is 3.83. The van der Waals surface area contributed by atoms with Gasteiger partial charge < -0.3 is 5.32 Å². The summed E-state index contributed by atoms with van der Waals surface area (Å²) >= 11 is 7.91. The third-order valence-electron chi connectivity index (χ3n) is 4.13. The molecule has 0 aliphatic heterocycles. The normalized spacial score (nSPS) is 28.0. The van der Waals surface area contributed by atoms with Gasteiger partial charge in [0.05, 0.1) is 5.69 Å². The summed E-state index contributed by atoms with van der Waals surface area (Å²) in [6.45, 7) is 3.14. The molecular formula is C14H20ClN3S. The van der Waals surface area contributed by atoms with Gasteiger partial charge in [-0.25, -0.2) is 4.98 Å². The number of rotatable bonds is 4. The highest BCUT2D eigenvalue weighted by molar-refractivity contribution is 7.15. The van der Waals surface area contributed by atoms with E-state index in [2.05, 4.69) is 39.4 Å². The van der Waals surface area contributed by atoms with Crippen molar-refractivity contribution in [2.75, 3.05) is 5.88 Å². The second-order valence-corrected chi connectivity index (χ2v) is 6.93. The van der Waals surface area contributed by atoms with Crippen LogP contribution in [0.3, 0.4) is 0 Å². The molecule has 3 rings (SSSR count). The number of thiazole rings is 1. The summed E-state index contributed by atoms with van der Waals surface area (Å²) < 4.78 is 2.08. The van der Waals surface area contributed by atoms with Crippen molar-refractivity contribution in [2.24, 2.45) is 5.92 Å². The van der Waals surface area contributed by atoms with E-state index in [4.69, 9.17) is 11.6 Å². The second kappa shape index (κ2) is 5.43. The van der Waals surface area contributed by atoms with Crippen molar-refractivity contribution in [1.29, 1.82) is 0 Å². The van der Waals surface area contributed by atoms with Gasteiger partial charge in [0.15, 0.2) is 4.96 Å². The van der Waals surface area contributed by atoms with Crippen LogP contribution in [-0.2, 0) is 6.54 Å². The number of hydrogen-bond acceptors (Lipinski definition) is 3. The molecule has 0 saturated heterocycles. The maximum atomic E-state index is 6.24. The van der Waals surface area contributed by atoms with E-state index >= 15 is 0 Å². The number of halogens is 1. The Labute approximate surface area is 123 Å². The van der Waals surface area contributed by atoms with Crippen LogP contribution < -0.4 is 5.32 Å². The molecule has 1 aliphatic rings. The van der Waals surface area contributed by atoms with Gasteiger partial charge >= 0.3 is 0 Å². The molecule has 0 aromatic carbocycles. The highest BCUT2D eigenvalue weighted by atomic mass is 35.5. The van der Waals surface area contributed by atoms with Gasteiger partial charge in [-0.2, -0.15) is 0 Å². The van der Waals surface area contributed by atoms with Crippen LogP contribution in [0.2, 0.25) is 0 Å². The van der Waals surface area contributed by atoms with Crippen LogP contribution >= 0.6 is 22.9 Å². The van der Waals surface area contributed by atoms with Crippen molar-refractivity contribution in [3.05, 3.63) is 23.5 Å². The molecule has 1 N–H and O–H groups in total. The summed E-state index contributed by atoms with van der Waals surface area (Å²) in [5.41, 5.74) is 1.21. The fourth-order valence-corrected chi connectivity index (χ4v) is 4.18. The largest absolute Gasteiger partial charge is 0.304 e. The number of hydrogen-bond donors (Lipinski definition) is 1. The SMILES string of the molecule is CC1CCCC(CCl)(NCc2cn3ccsc3n2)C1. The predicted molar refractivity (Wildman–Crippen MR) is 81.0 cm³/mol. The molecule has 0 bridgehead atoms. The van der Waals surface area contributed by atoms with Gasteiger partial charge in [-0.1, -0.05) is 19.8 Å². The zero-order chi connectivity index (χ0) is 13.3. The Bertz CT molecular complexity index is 521. The molecule has 0 radical (unpaired) electrons. The average molecular weight is 298 g/mol. The van der Waals surface area contributed by atoms with E-state index in [9.17, 15) is 0 Å². The first-order chi connectivity index (χ1) is 9.21. The lowest BCUT2D eigenvalue weighted by molar-refractivity contribution is 0.207. The van der Waals surface area contributed by atoms with Gasteiger partial charge in [0.25, 0.3) is 0 Å². The summed E-state index contributed by atoms with van der Waals surface area (Å²) in [6.07, 6.45) is 9.13. The molecule has 1 aliphatic carbocycles. The smallest absolute Gasteiger partial charge is 0.193 e. The van der Waals surface area contributed by atoms with Gasteiger partial charge in [0.1, 0.15) is 0 Å². The highest BCUT2D eigenvalue weighted by Gasteiger charge is 2.33. The summed E-state index contributed by atoms with van der Waals surface area (Å²) in [5.74, 6) is 1.46. The zero-order valence-corrected chi connectivity index (χ0v) is 12.8. The Balaban J connectivity index is 1.68. The molecule has 2 unspecified atom stereocenters. The molecule has 5 heteroatoms. The first kappa shape index (κ1) is 13.4. The van der Waals surface area contributed by atoms with Crippen LogP contribution in [0.15, 0.2) is 17.8 Å². The van der Waals surface area contributed by atoms with E-state index in [1.54, 1.807) is 11.3 Å². The van der Waals surface area contributed by atoms with Crippen molar-refractivity contribution in [1.82, 2.24) is 14.7 Å². The van der Waals surface area contributed by atoms with E-state index in [-0.39, 0.29) is 5.54 Å². The summed E-state index contributed by atoms with van der Waals surface area (Å²) in [6, 6.07) is 0. The minimum absolute atomic E-state index is 0.107. The lowest BCUT2D eigenvalue weighted by Gasteiger charge is -2.39. The third kappa shape index (κ3) is 2.81. The molecule has 104 valence electrons. The number of nitrogens with one attached hydrogen (secondary N) is 1. The Morgan fingerprint density at radius 1 is 1.63 bits per heavy atom. The Morgan fingerprint density at radius 3 is 3.26 bits per heavy atom. The molecule has 1 fully saturated rings. The minimum atomic E-state index is 0.107. The van der Waals surface area contributed by atoms with E-state index in [1.165, 1.54) is 25.7 Å². The van der Waals surface area contributed by atoms with Gasteiger partial charge in [-0.3, -0.25) is 4.40 Å². The average Bonchev–Trinajstić information content (AvgIpc) is 2.97. The van der Waals surface area contributed by atoms with Crippen LogP contribution in [0.25, 0.3) is 4.96 Å². The fourth-order valence-electron chi connectivity index (χ4n) is 3.13. The third-order valence-corrected chi connectivity index (χ3v) is 5.42.